The van der Waals surface area contributed by atoms with E-state index in [0.29, 0.717) is 11.3 Å². The second kappa shape index (κ2) is 13.0. The minimum absolute atomic E-state index is 0. The first kappa shape index (κ1) is 29.7. The summed E-state index contributed by atoms with van der Waals surface area (Å²) in [5, 5.41) is 0. The topological polar surface area (TPSA) is 0 Å². The highest BCUT2D eigenvalue weighted by molar-refractivity contribution is 5.37. The Hall–Kier alpha value is -1.30. The number of fused-ring (bicyclic) bond motifs is 1. The first-order valence-electron chi connectivity index (χ1n) is 13.6. The van der Waals surface area contributed by atoms with E-state index in [2.05, 4.69) is 78.2 Å². The molecular formula is C33H56. The summed E-state index contributed by atoms with van der Waals surface area (Å²) in [6.45, 7) is 24.4. The van der Waals surface area contributed by atoms with Gasteiger partial charge in [-0.05, 0) is 97.9 Å². The maximum absolute atomic E-state index is 4.40. The van der Waals surface area contributed by atoms with Crippen LogP contribution in [-0.4, -0.2) is 0 Å². The van der Waals surface area contributed by atoms with E-state index in [1.807, 2.05) is 13.8 Å². The van der Waals surface area contributed by atoms with Crippen LogP contribution in [0.1, 0.15) is 114 Å². The van der Waals surface area contributed by atoms with E-state index >= 15 is 0 Å². The predicted molar refractivity (Wildman–Crippen MR) is 151 cm³/mol. The quantitative estimate of drug-likeness (QED) is 0.351. The Kier molecular flexibility index (Phi) is 11.7. The summed E-state index contributed by atoms with van der Waals surface area (Å²) in [7, 11) is 0. The molecule has 3 aliphatic carbocycles. The average Bonchev–Trinajstić information content (AvgIpc) is 3.11. The molecule has 3 saturated carbocycles. The van der Waals surface area contributed by atoms with Gasteiger partial charge in [-0.3, -0.25) is 0 Å². The van der Waals surface area contributed by atoms with Gasteiger partial charge in [0.05, 0.1) is 0 Å². The van der Waals surface area contributed by atoms with E-state index in [4.69, 9.17) is 0 Å². The Labute approximate surface area is 208 Å². The van der Waals surface area contributed by atoms with Crippen molar-refractivity contribution in [1.82, 2.24) is 0 Å². The second-order valence-electron chi connectivity index (χ2n) is 11.5. The zero-order valence-electron chi connectivity index (χ0n) is 22.5. The minimum atomic E-state index is 0. The van der Waals surface area contributed by atoms with Crippen LogP contribution in [0, 0.1) is 34.5 Å². The van der Waals surface area contributed by atoms with Crippen LogP contribution in [0.4, 0.5) is 0 Å². The van der Waals surface area contributed by atoms with E-state index in [0.717, 1.165) is 30.6 Å². The molecule has 0 saturated heterocycles. The van der Waals surface area contributed by atoms with Gasteiger partial charge in [-0.2, -0.15) is 0 Å². The molecule has 33 heavy (non-hydrogen) atoms. The average molecular weight is 453 g/mol. The van der Waals surface area contributed by atoms with Gasteiger partial charge in [0.15, 0.2) is 0 Å². The zero-order chi connectivity index (χ0) is 23.9. The van der Waals surface area contributed by atoms with Crippen LogP contribution in [0.25, 0.3) is 0 Å². The van der Waals surface area contributed by atoms with Gasteiger partial charge in [-0.15, -0.1) is 6.58 Å². The van der Waals surface area contributed by atoms with Gasteiger partial charge >= 0.3 is 0 Å². The summed E-state index contributed by atoms with van der Waals surface area (Å²) < 4.78 is 0. The Morgan fingerprint density at radius 3 is 2.33 bits per heavy atom. The van der Waals surface area contributed by atoms with Crippen molar-refractivity contribution < 1.29 is 0 Å². The molecule has 5 unspecified atom stereocenters. The molecule has 3 fully saturated rings. The Bertz CT molecular complexity index is 729. The van der Waals surface area contributed by atoms with Crippen molar-refractivity contribution in [3.05, 3.63) is 60.3 Å². The monoisotopic (exact) mass is 452 g/mol. The van der Waals surface area contributed by atoms with Gasteiger partial charge in [0, 0.05) is 0 Å². The Balaban J connectivity index is 0.00000177. The summed E-state index contributed by atoms with van der Waals surface area (Å²) >= 11 is 0. The summed E-state index contributed by atoms with van der Waals surface area (Å²) in [4.78, 5) is 0. The molecule has 3 aliphatic rings. The molecular weight excluding hydrogens is 396 g/mol. The highest BCUT2D eigenvalue weighted by Crippen LogP contribution is 2.58. The summed E-state index contributed by atoms with van der Waals surface area (Å²) in [6, 6.07) is 0. The molecule has 188 valence electrons. The summed E-state index contributed by atoms with van der Waals surface area (Å²) in [5.74, 6) is 3.08. The molecule has 0 amide bonds. The number of hydrogen-bond donors (Lipinski definition) is 0. The molecule has 0 heterocycles. The number of rotatable bonds is 6. The van der Waals surface area contributed by atoms with Crippen LogP contribution in [0.2, 0.25) is 0 Å². The third-order valence-corrected chi connectivity index (χ3v) is 9.10. The molecule has 0 spiro atoms. The lowest BCUT2D eigenvalue weighted by Crippen LogP contribution is -2.33. The molecule has 0 N–H and O–H groups in total. The van der Waals surface area contributed by atoms with Crippen LogP contribution in [0.3, 0.4) is 0 Å². The summed E-state index contributed by atoms with van der Waals surface area (Å²) in [5.41, 5.74) is 5.27. The smallest absolute Gasteiger partial charge is 0.0106 e. The van der Waals surface area contributed by atoms with E-state index in [1.54, 1.807) is 5.57 Å². The molecule has 0 aliphatic heterocycles. The highest BCUT2D eigenvalue weighted by atomic mass is 14.5. The standard InChI is InChI=1S/C30H46.C2H6.CH4/c1-8-29(6)20-18-25(24(5)21-29)14-15-26-12-10-19-30(7)27(16-17-28(26)30)13-9-11-23(4)22(2)3;1-2;/h8-9,11,14-15,22-23,27-28H,1,5,10,12-13,16-21H2,2-4,6-7H3;1-2H3;1H4/b11-9+,25-14+,26-15+;;. The third-order valence-electron chi connectivity index (χ3n) is 9.10. The van der Waals surface area contributed by atoms with E-state index < -0.39 is 0 Å². The highest BCUT2D eigenvalue weighted by Gasteiger charge is 2.48. The maximum Gasteiger partial charge on any atom is -0.0106 e. The first-order chi connectivity index (χ1) is 15.2. The van der Waals surface area contributed by atoms with Crippen molar-refractivity contribution in [3.63, 3.8) is 0 Å². The normalized spacial score (nSPS) is 35.2. The molecule has 0 aromatic heterocycles. The van der Waals surface area contributed by atoms with Crippen LogP contribution in [-0.2, 0) is 0 Å². The van der Waals surface area contributed by atoms with Gasteiger partial charge in [0.2, 0.25) is 0 Å². The molecule has 3 rings (SSSR count). The van der Waals surface area contributed by atoms with Crippen molar-refractivity contribution in [2.45, 2.75) is 114 Å². The lowest BCUT2D eigenvalue weighted by Gasteiger charge is -2.42. The first-order valence-corrected chi connectivity index (χ1v) is 13.6. The van der Waals surface area contributed by atoms with Gasteiger partial charge < -0.3 is 0 Å². The van der Waals surface area contributed by atoms with Crippen molar-refractivity contribution in [2.24, 2.45) is 34.5 Å². The lowest BCUT2D eigenvalue weighted by atomic mass is 9.63. The van der Waals surface area contributed by atoms with Gasteiger partial charge in [-0.1, -0.05) is 104 Å². The third kappa shape index (κ3) is 7.10. The van der Waals surface area contributed by atoms with E-state index in [-0.39, 0.29) is 12.8 Å². The van der Waals surface area contributed by atoms with Crippen molar-refractivity contribution >= 4 is 0 Å². The molecule has 0 heteroatoms. The van der Waals surface area contributed by atoms with Crippen LogP contribution in [0.15, 0.2) is 60.3 Å². The van der Waals surface area contributed by atoms with Crippen molar-refractivity contribution in [1.29, 1.82) is 0 Å². The van der Waals surface area contributed by atoms with E-state index in [1.165, 1.54) is 56.1 Å². The molecule has 0 nitrogen and oxygen atoms in total. The minimum Gasteiger partial charge on any atom is -0.103 e. The Morgan fingerprint density at radius 2 is 1.73 bits per heavy atom. The van der Waals surface area contributed by atoms with Gasteiger partial charge in [-0.25, -0.2) is 0 Å². The predicted octanol–water partition coefficient (Wildman–Crippen LogP) is 10.9. The van der Waals surface area contributed by atoms with Crippen molar-refractivity contribution in [3.8, 4) is 0 Å². The van der Waals surface area contributed by atoms with Crippen LogP contribution < -0.4 is 0 Å². The van der Waals surface area contributed by atoms with Crippen LogP contribution in [0.5, 0.6) is 0 Å². The Morgan fingerprint density at radius 1 is 1.03 bits per heavy atom. The fraction of sp³-hybridized carbons (Fsp3) is 0.697. The molecule has 5 atom stereocenters. The van der Waals surface area contributed by atoms with Gasteiger partial charge in [0.25, 0.3) is 0 Å². The van der Waals surface area contributed by atoms with Crippen molar-refractivity contribution in [2.75, 3.05) is 0 Å². The second-order valence-corrected chi connectivity index (χ2v) is 11.5. The number of hydrogen-bond acceptors (Lipinski definition) is 0. The fourth-order valence-electron chi connectivity index (χ4n) is 6.28. The molecule has 0 aromatic carbocycles. The summed E-state index contributed by atoms with van der Waals surface area (Å²) in [6.07, 6.45) is 23.6. The molecule has 0 aromatic rings. The molecule has 0 bridgehead atoms. The maximum atomic E-state index is 4.40. The zero-order valence-corrected chi connectivity index (χ0v) is 22.5. The number of allylic oxidation sites excluding steroid dienone is 8. The molecule has 0 radical (unpaired) electrons. The lowest BCUT2D eigenvalue weighted by molar-refractivity contribution is 0.137. The van der Waals surface area contributed by atoms with Crippen LogP contribution >= 0.6 is 0 Å². The largest absolute Gasteiger partial charge is 0.103 e. The SMILES string of the molecule is C.C=CC1(C)CC/C(=C\C=C2/CCCC3(C)C(C/C=C/C(C)C(C)C)CCC23)C(=C)C1.CC. The van der Waals surface area contributed by atoms with E-state index in [9.17, 15) is 0 Å². The van der Waals surface area contributed by atoms with Gasteiger partial charge in [0.1, 0.15) is 0 Å². The fourth-order valence-corrected chi connectivity index (χ4v) is 6.28.